The van der Waals surface area contributed by atoms with Crippen LogP contribution in [-0.4, -0.2) is 41.7 Å². The maximum Gasteiger partial charge on any atom is 0.305 e. The number of nitrogens with zero attached hydrogens (tertiary/aromatic N) is 1. The van der Waals surface area contributed by atoms with E-state index in [1.54, 1.807) is 43.5 Å². The van der Waals surface area contributed by atoms with E-state index in [0.717, 1.165) is 21.4 Å². The highest BCUT2D eigenvalue weighted by Crippen LogP contribution is 2.54. The van der Waals surface area contributed by atoms with Crippen LogP contribution in [0.1, 0.15) is 21.9 Å². The van der Waals surface area contributed by atoms with Gasteiger partial charge in [0.1, 0.15) is 16.7 Å². The van der Waals surface area contributed by atoms with Gasteiger partial charge in [0.05, 0.1) is 23.7 Å². The second kappa shape index (κ2) is 11.4. The van der Waals surface area contributed by atoms with E-state index in [4.69, 9.17) is 9.47 Å². The van der Waals surface area contributed by atoms with Crippen LogP contribution in [0.25, 0.3) is 0 Å². The third-order valence-electron chi connectivity index (χ3n) is 7.24. The van der Waals surface area contributed by atoms with Crippen LogP contribution >= 0.6 is 39.0 Å². The molecule has 0 spiro atoms. The SMILES string of the molecule is COc1ccc(N2C(=O)C3Sc4[nH]c(=O)sc4[C@H](c4cc(Br)ccc4OCC(=O)Nc4ccccc4C)C3C2=O)cc1. The highest BCUT2D eigenvalue weighted by molar-refractivity contribution is 9.10. The van der Waals surface area contributed by atoms with Crippen molar-refractivity contribution in [1.29, 1.82) is 0 Å². The molecule has 0 bridgehead atoms. The lowest BCUT2D eigenvalue weighted by molar-refractivity contribution is -0.122. The Hall–Kier alpha value is -3.87. The lowest BCUT2D eigenvalue weighted by Crippen LogP contribution is -2.32. The van der Waals surface area contributed by atoms with E-state index in [1.165, 1.54) is 16.7 Å². The van der Waals surface area contributed by atoms with Gasteiger partial charge >= 0.3 is 4.87 Å². The number of anilines is 2. The monoisotopic (exact) mass is 665 g/mol. The highest BCUT2D eigenvalue weighted by Gasteiger charge is 2.56. The Morgan fingerprint density at radius 2 is 1.81 bits per heavy atom. The van der Waals surface area contributed by atoms with Gasteiger partial charge in [0.25, 0.3) is 5.91 Å². The quantitative estimate of drug-likeness (QED) is 0.256. The average Bonchev–Trinajstić information content (AvgIpc) is 3.47. The Morgan fingerprint density at radius 3 is 2.55 bits per heavy atom. The number of carbonyl (C=O) groups excluding carboxylic acids is 3. The Kier molecular flexibility index (Phi) is 7.69. The van der Waals surface area contributed by atoms with Crippen molar-refractivity contribution in [2.45, 2.75) is 23.1 Å². The molecule has 3 atom stereocenters. The maximum absolute atomic E-state index is 14.1. The first-order chi connectivity index (χ1) is 20.2. The molecule has 214 valence electrons. The molecule has 3 heterocycles. The van der Waals surface area contributed by atoms with Crippen molar-refractivity contribution in [3.05, 3.63) is 96.9 Å². The molecule has 0 aliphatic carbocycles. The number of nitrogens with one attached hydrogen (secondary N) is 2. The Bertz CT molecular complexity index is 1770. The molecule has 2 aliphatic heterocycles. The average molecular weight is 667 g/mol. The number of aryl methyl sites for hydroxylation is 1. The summed E-state index contributed by atoms with van der Waals surface area (Å²) in [6.07, 6.45) is 0. The third-order valence-corrected chi connectivity index (χ3v) is 10.1. The molecule has 1 saturated heterocycles. The summed E-state index contributed by atoms with van der Waals surface area (Å²) >= 11 is 5.73. The second-order valence-corrected chi connectivity index (χ2v) is 12.9. The van der Waals surface area contributed by atoms with Crippen molar-refractivity contribution in [2.24, 2.45) is 5.92 Å². The van der Waals surface area contributed by atoms with Gasteiger partial charge in [-0.25, -0.2) is 4.90 Å². The molecule has 2 unspecified atom stereocenters. The topological polar surface area (TPSA) is 118 Å². The summed E-state index contributed by atoms with van der Waals surface area (Å²) in [7, 11) is 1.54. The summed E-state index contributed by atoms with van der Waals surface area (Å²) < 4.78 is 12.0. The second-order valence-electron chi connectivity index (χ2n) is 9.79. The number of para-hydroxylation sites is 1. The minimum atomic E-state index is -0.805. The minimum absolute atomic E-state index is 0.278. The van der Waals surface area contributed by atoms with Crippen LogP contribution in [-0.2, 0) is 14.4 Å². The van der Waals surface area contributed by atoms with Gasteiger partial charge in [-0.05, 0) is 61.0 Å². The molecule has 4 aromatic rings. The number of thioether (sulfide) groups is 1. The number of H-pyrrole nitrogens is 1. The van der Waals surface area contributed by atoms with Gasteiger partial charge in [0.15, 0.2) is 6.61 Å². The zero-order valence-electron chi connectivity index (χ0n) is 22.4. The van der Waals surface area contributed by atoms with Gasteiger partial charge in [-0.2, -0.15) is 0 Å². The highest BCUT2D eigenvalue weighted by atomic mass is 79.9. The fourth-order valence-corrected chi connectivity index (χ4v) is 8.16. The van der Waals surface area contributed by atoms with Gasteiger partial charge in [-0.15, -0.1) is 0 Å². The predicted octanol–water partition coefficient (Wildman–Crippen LogP) is 5.33. The third kappa shape index (κ3) is 5.14. The molecule has 1 fully saturated rings. The Balaban J connectivity index is 1.36. The summed E-state index contributed by atoms with van der Waals surface area (Å²) in [5, 5.41) is 2.64. The van der Waals surface area contributed by atoms with Gasteiger partial charge < -0.3 is 19.8 Å². The van der Waals surface area contributed by atoms with Crippen molar-refractivity contribution in [3.8, 4) is 11.5 Å². The fourth-order valence-electron chi connectivity index (χ4n) is 5.27. The van der Waals surface area contributed by atoms with Crippen molar-refractivity contribution in [2.75, 3.05) is 23.9 Å². The van der Waals surface area contributed by atoms with E-state index < -0.39 is 17.1 Å². The van der Waals surface area contributed by atoms with E-state index in [2.05, 4.69) is 26.2 Å². The molecule has 0 radical (unpaired) electrons. The summed E-state index contributed by atoms with van der Waals surface area (Å²) in [6, 6.07) is 19.5. The van der Waals surface area contributed by atoms with Crippen LogP contribution in [0.3, 0.4) is 0 Å². The number of benzene rings is 3. The number of imide groups is 1. The molecule has 1 aromatic heterocycles. The number of ether oxygens (including phenoxy) is 2. The number of thiazole rings is 1. The number of fused-ring (bicyclic) bond motifs is 2. The summed E-state index contributed by atoms with van der Waals surface area (Å²) in [5.41, 5.74) is 2.64. The van der Waals surface area contributed by atoms with E-state index in [9.17, 15) is 19.2 Å². The molecular weight excluding hydrogens is 642 g/mol. The lowest BCUT2D eigenvalue weighted by atomic mass is 9.82. The minimum Gasteiger partial charge on any atom is -0.497 e. The molecule has 6 rings (SSSR count). The van der Waals surface area contributed by atoms with Crippen LogP contribution in [0, 0.1) is 12.8 Å². The van der Waals surface area contributed by atoms with Crippen molar-refractivity contribution >= 4 is 68.1 Å². The van der Waals surface area contributed by atoms with Gasteiger partial charge in [-0.3, -0.25) is 19.2 Å². The molecular formula is C30H24BrN3O6S2. The first-order valence-electron chi connectivity index (χ1n) is 12.9. The van der Waals surface area contributed by atoms with Gasteiger partial charge in [0, 0.05) is 26.5 Å². The molecule has 2 aliphatic rings. The molecule has 12 heteroatoms. The van der Waals surface area contributed by atoms with Crippen molar-refractivity contribution in [1.82, 2.24) is 4.98 Å². The molecule has 42 heavy (non-hydrogen) atoms. The number of rotatable bonds is 7. The molecule has 3 aromatic carbocycles. The van der Waals surface area contributed by atoms with E-state index in [-0.39, 0.29) is 29.2 Å². The van der Waals surface area contributed by atoms with Crippen LogP contribution in [0.4, 0.5) is 11.4 Å². The number of aromatic amines is 1. The fraction of sp³-hybridized carbons (Fsp3) is 0.200. The van der Waals surface area contributed by atoms with Crippen LogP contribution < -0.4 is 24.6 Å². The largest absolute Gasteiger partial charge is 0.497 e. The Labute approximate surface area is 257 Å². The number of hydrogen-bond donors (Lipinski definition) is 2. The Morgan fingerprint density at radius 1 is 1.05 bits per heavy atom. The summed E-state index contributed by atoms with van der Waals surface area (Å²) in [6.45, 7) is 1.62. The van der Waals surface area contributed by atoms with E-state index in [1.807, 2.05) is 37.3 Å². The molecule has 0 saturated carbocycles. The lowest BCUT2D eigenvalue weighted by Gasteiger charge is -2.31. The molecule has 2 N–H and O–H groups in total. The van der Waals surface area contributed by atoms with Crippen LogP contribution in [0.5, 0.6) is 11.5 Å². The zero-order chi connectivity index (χ0) is 29.5. The molecule has 9 nitrogen and oxygen atoms in total. The standard InChI is InChI=1S/C30H24BrN3O6S2/c1-15-5-3-4-6-20(15)32-22(35)14-40-21-12-7-16(31)13-19(21)23-24-26(41-27-25(23)42-30(38)33-27)29(37)34(28(24)36)17-8-10-18(39-2)11-9-17/h3-13,23-24,26H,14H2,1-2H3,(H,32,35)(H,33,38)/t23-,24?,26?/m1/s1. The number of halogens is 1. The predicted molar refractivity (Wildman–Crippen MR) is 165 cm³/mol. The first kappa shape index (κ1) is 28.3. The van der Waals surface area contributed by atoms with E-state index in [0.29, 0.717) is 38.3 Å². The first-order valence-corrected chi connectivity index (χ1v) is 15.4. The number of aromatic nitrogens is 1. The number of hydrogen-bond acceptors (Lipinski definition) is 8. The number of carbonyl (C=O) groups is 3. The van der Waals surface area contributed by atoms with Gasteiger partial charge in [0.2, 0.25) is 11.8 Å². The van der Waals surface area contributed by atoms with Crippen LogP contribution in [0.2, 0.25) is 0 Å². The smallest absolute Gasteiger partial charge is 0.305 e. The number of methoxy groups -OCH3 is 1. The number of amides is 3. The summed E-state index contributed by atoms with van der Waals surface area (Å²) in [5.74, 6) is -1.57. The van der Waals surface area contributed by atoms with Crippen molar-refractivity contribution in [3.63, 3.8) is 0 Å². The summed E-state index contributed by atoms with van der Waals surface area (Å²) in [4.78, 5) is 57.5. The van der Waals surface area contributed by atoms with Crippen molar-refractivity contribution < 1.29 is 23.9 Å². The maximum atomic E-state index is 14.1. The van der Waals surface area contributed by atoms with Crippen LogP contribution in [0.15, 0.2) is 81.0 Å². The van der Waals surface area contributed by atoms with E-state index >= 15 is 0 Å². The van der Waals surface area contributed by atoms with Gasteiger partial charge in [-0.1, -0.05) is 57.2 Å². The zero-order valence-corrected chi connectivity index (χ0v) is 25.6. The molecule has 3 amide bonds. The normalized spacial score (nSPS) is 19.3.